The first-order chi connectivity index (χ1) is 3.35. The van der Waals surface area contributed by atoms with Crippen molar-refractivity contribution in [2.75, 3.05) is 21.3 Å². The van der Waals surface area contributed by atoms with Crippen LogP contribution in [0.1, 0.15) is 0 Å². The first kappa shape index (κ1) is 8.13. The Kier molecular flexibility index (Phi) is 6.11. The fourth-order valence-electron chi connectivity index (χ4n) is 0.144. The van der Waals surface area contributed by atoms with Crippen LogP contribution >= 0.6 is 0 Å². The molecule has 0 N–H and O–H groups in total. The van der Waals surface area contributed by atoms with Crippen molar-refractivity contribution in [2.24, 2.45) is 0 Å². The van der Waals surface area contributed by atoms with Gasteiger partial charge in [-0.3, -0.25) is 0 Å². The van der Waals surface area contributed by atoms with Gasteiger partial charge in [0, 0.05) is 0 Å². The monoisotopic (exact) mass is 259 g/mol. The summed E-state index contributed by atoms with van der Waals surface area (Å²) in [7, 11) is 4.72. The van der Waals surface area contributed by atoms with E-state index >= 15 is 0 Å². The zero-order chi connectivity index (χ0) is 5.70. The summed E-state index contributed by atoms with van der Waals surface area (Å²) >= 11 is -1.67. The molecule has 7 heavy (non-hydrogen) atoms. The molecular formula is C3H9ErO3. The van der Waals surface area contributed by atoms with Crippen LogP contribution in [0.25, 0.3) is 0 Å². The molecule has 0 bridgehead atoms. The van der Waals surface area contributed by atoms with Gasteiger partial charge in [0.1, 0.15) is 0 Å². The Morgan fingerprint density at radius 1 is 0.857 bits per heavy atom. The second kappa shape index (κ2) is 5.27. The number of rotatable bonds is 3. The molecule has 0 atom stereocenters. The van der Waals surface area contributed by atoms with Crippen LogP contribution < -0.4 is 0 Å². The van der Waals surface area contributed by atoms with Crippen LogP contribution in [0.2, 0.25) is 0 Å². The van der Waals surface area contributed by atoms with Gasteiger partial charge in [0.05, 0.1) is 0 Å². The van der Waals surface area contributed by atoms with Crippen LogP contribution in [0.4, 0.5) is 0 Å². The first-order valence-electron chi connectivity index (χ1n) is 1.58. The predicted octanol–water partition coefficient (Wildman–Crippen LogP) is 0.291. The summed E-state index contributed by atoms with van der Waals surface area (Å²) in [5, 5.41) is 0. The summed E-state index contributed by atoms with van der Waals surface area (Å²) in [5.74, 6) is 0. The fourth-order valence-corrected chi connectivity index (χ4v) is 1.07. The topological polar surface area (TPSA) is 27.7 Å². The Hall–Kier alpha value is 1.13. The third kappa shape index (κ3) is 3.69. The summed E-state index contributed by atoms with van der Waals surface area (Å²) in [6.45, 7) is 0. The van der Waals surface area contributed by atoms with E-state index in [-0.39, 0.29) is 0 Å². The van der Waals surface area contributed by atoms with E-state index in [1.165, 1.54) is 0 Å². The molecule has 0 amide bonds. The minimum atomic E-state index is -1.67. The summed E-state index contributed by atoms with van der Waals surface area (Å²) in [4.78, 5) is 0. The predicted molar refractivity (Wildman–Crippen MR) is 21.0 cm³/mol. The number of hydrogen-bond donors (Lipinski definition) is 0. The van der Waals surface area contributed by atoms with Crippen molar-refractivity contribution in [1.82, 2.24) is 0 Å². The Morgan fingerprint density at radius 2 is 1.14 bits per heavy atom. The summed E-state index contributed by atoms with van der Waals surface area (Å²) in [6, 6.07) is 0. The average Bonchev–Trinajstić information content (AvgIpc) is 1.72. The molecule has 0 rings (SSSR count). The molecule has 51 valence electrons. The molecule has 4 heteroatoms. The molecule has 0 aliphatic rings. The summed E-state index contributed by atoms with van der Waals surface area (Å²) in [5.41, 5.74) is 0. The van der Waals surface area contributed by atoms with Crippen LogP contribution in [0.5, 0.6) is 0 Å². The first-order valence-corrected chi connectivity index (χ1v) is 3.85. The molecule has 3 nitrogen and oxygen atoms in total. The van der Waals surface area contributed by atoms with Gasteiger partial charge in [-0.2, -0.15) is 0 Å². The van der Waals surface area contributed by atoms with Crippen LogP contribution in [0, 0.1) is 33.2 Å². The Balaban J connectivity index is 2.99. The summed E-state index contributed by atoms with van der Waals surface area (Å²) in [6.07, 6.45) is 0. The van der Waals surface area contributed by atoms with Crippen LogP contribution in [-0.4, -0.2) is 21.3 Å². The minimum absolute atomic E-state index is 1.57. The fraction of sp³-hybridized carbons (Fsp3) is 1.00. The molecule has 0 heterocycles. The molecule has 0 aromatic carbocycles. The van der Waals surface area contributed by atoms with E-state index < -0.39 is 33.2 Å². The van der Waals surface area contributed by atoms with E-state index in [0.717, 1.165) is 0 Å². The van der Waals surface area contributed by atoms with E-state index in [2.05, 4.69) is 0 Å². The summed E-state index contributed by atoms with van der Waals surface area (Å²) < 4.78 is 14.2. The van der Waals surface area contributed by atoms with Gasteiger partial charge in [-0.15, -0.1) is 0 Å². The maximum absolute atomic E-state index is 4.74. The van der Waals surface area contributed by atoms with E-state index in [0.29, 0.717) is 0 Å². The SMILES string of the molecule is C[O][Er]([O]C)[O]C. The second-order valence-electron chi connectivity index (χ2n) is 0.498. The van der Waals surface area contributed by atoms with E-state index in [1.54, 1.807) is 21.3 Å². The molecular weight excluding hydrogens is 251 g/mol. The zero-order valence-electron chi connectivity index (χ0n) is 4.51. The molecule has 0 spiro atoms. The molecule has 0 unspecified atom stereocenters. The van der Waals surface area contributed by atoms with Crippen molar-refractivity contribution >= 4 is 0 Å². The van der Waals surface area contributed by atoms with Gasteiger partial charge in [-0.25, -0.2) is 0 Å². The van der Waals surface area contributed by atoms with Crippen molar-refractivity contribution < 1.29 is 37.7 Å². The van der Waals surface area contributed by atoms with Crippen molar-refractivity contribution in [3.05, 3.63) is 0 Å². The standard InChI is InChI=1S/3CH3O.Er/c3*1-2;/h3*1H3;/q3*-1;+3. The second-order valence-corrected chi connectivity index (χ2v) is 3.69. The van der Waals surface area contributed by atoms with Gasteiger partial charge < -0.3 is 0 Å². The quantitative estimate of drug-likeness (QED) is 0.730. The van der Waals surface area contributed by atoms with Gasteiger partial charge >= 0.3 is 59.0 Å². The molecule has 0 radical (unpaired) electrons. The molecule has 0 saturated heterocycles. The van der Waals surface area contributed by atoms with Gasteiger partial charge in [0.25, 0.3) is 0 Å². The van der Waals surface area contributed by atoms with E-state index in [1.807, 2.05) is 0 Å². The van der Waals surface area contributed by atoms with E-state index in [9.17, 15) is 0 Å². The van der Waals surface area contributed by atoms with Crippen molar-refractivity contribution in [3.63, 3.8) is 0 Å². The average molecular weight is 260 g/mol. The number of hydrogen-bond acceptors (Lipinski definition) is 3. The van der Waals surface area contributed by atoms with Gasteiger partial charge in [-0.1, -0.05) is 0 Å². The normalized spacial score (nSPS) is 11.6. The molecule has 0 aliphatic heterocycles. The zero-order valence-corrected chi connectivity index (χ0v) is 6.37. The van der Waals surface area contributed by atoms with Gasteiger partial charge in [-0.05, 0) is 0 Å². The third-order valence-corrected chi connectivity index (χ3v) is 2.14. The molecule has 0 fully saturated rings. The third-order valence-electron chi connectivity index (χ3n) is 0.289. The van der Waals surface area contributed by atoms with Crippen molar-refractivity contribution in [3.8, 4) is 0 Å². The van der Waals surface area contributed by atoms with E-state index in [4.69, 9.17) is 4.49 Å². The Labute approximate surface area is 58.6 Å². The van der Waals surface area contributed by atoms with Gasteiger partial charge in [0.2, 0.25) is 0 Å². The molecule has 0 aromatic rings. The van der Waals surface area contributed by atoms with Crippen LogP contribution in [0.15, 0.2) is 0 Å². The maximum atomic E-state index is 4.74. The Bertz CT molecular complexity index is 31.7. The van der Waals surface area contributed by atoms with Crippen LogP contribution in [0.3, 0.4) is 0 Å². The van der Waals surface area contributed by atoms with Crippen molar-refractivity contribution in [1.29, 1.82) is 0 Å². The van der Waals surface area contributed by atoms with Crippen LogP contribution in [-0.2, 0) is 4.49 Å². The van der Waals surface area contributed by atoms with Gasteiger partial charge in [0.15, 0.2) is 0 Å². The Morgan fingerprint density at radius 3 is 1.14 bits per heavy atom. The van der Waals surface area contributed by atoms with Crippen molar-refractivity contribution in [2.45, 2.75) is 0 Å². The molecule has 0 aliphatic carbocycles. The molecule has 0 aromatic heterocycles. The molecule has 0 saturated carbocycles.